The molecular formula is C14H18ClN3O2. The van der Waals surface area contributed by atoms with E-state index in [-0.39, 0.29) is 0 Å². The number of benzene rings is 1. The van der Waals surface area contributed by atoms with Gasteiger partial charge in [0.05, 0.1) is 37.2 Å². The fraction of sp³-hybridized carbons (Fsp3) is 0.357. The van der Waals surface area contributed by atoms with Crippen LogP contribution in [0.5, 0.6) is 11.5 Å². The monoisotopic (exact) mass is 295 g/mol. The zero-order valence-corrected chi connectivity index (χ0v) is 12.5. The minimum absolute atomic E-state index is 0.435. The number of nitrogens with zero attached hydrogens (tertiary/aromatic N) is 2. The van der Waals surface area contributed by atoms with Gasteiger partial charge in [-0.15, -0.1) is 0 Å². The average Bonchev–Trinajstić information content (AvgIpc) is 2.86. The summed E-state index contributed by atoms with van der Waals surface area (Å²) in [6.07, 6.45) is 1.60. The van der Waals surface area contributed by atoms with Crippen molar-refractivity contribution in [3.63, 3.8) is 0 Å². The summed E-state index contributed by atoms with van der Waals surface area (Å²) in [5, 5.41) is 4.76. The van der Waals surface area contributed by atoms with Gasteiger partial charge < -0.3 is 15.2 Å². The van der Waals surface area contributed by atoms with Gasteiger partial charge in [0.15, 0.2) is 0 Å². The van der Waals surface area contributed by atoms with Crippen molar-refractivity contribution in [2.45, 2.75) is 19.5 Å². The summed E-state index contributed by atoms with van der Waals surface area (Å²) in [6.45, 7) is 2.68. The minimum atomic E-state index is -0.435. The van der Waals surface area contributed by atoms with Crippen molar-refractivity contribution in [2.24, 2.45) is 5.73 Å². The van der Waals surface area contributed by atoms with Crippen molar-refractivity contribution in [2.75, 3.05) is 14.2 Å². The molecule has 0 saturated carbocycles. The second-order valence-electron chi connectivity index (χ2n) is 4.28. The fourth-order valence-corrected chi connectivity index (χ4v) is 2.42. The van der Waals surface area contributed by atoms with Crippen molar-refractivity contribution in [3.05, 3.63) is 40.7 Å². The molecule has 0 radical (unpaired) electrons. The maximum absolute atomic E-state index is 6.36. The minimum Gasteiger partial charge on any atom is -0.497 e. The molecule has 0 fully saturated rings. The van der Waals surface area contributed by atoms with Crippen LogP contribution in [-0.4, -0.2) is 24.0 Å². The number of ether oxygens (including phenoxy) is 2. The summed E-state index contributed by atoms with van der Waals surface area (Å²) < 4.78 is 12.4. The molecule has 5 nitrogen and oxygen atoms in total. The first kappa shape index (κ1) is 14.7. The summed E-state index contributed by atoms with van der Waals surface area (Å²) in [7, 11) is 3.22. The van der Waals surface area contributed by atoms with Gasteiger partial charge in [-0.1, -0.05) is 11.6 Å². The summed E-state index contributed by atoms with van der Waals surface area (Å²) in [5.41, 5.74) is 7.93. The second-order valence-corrected chi connectivity index (χ2v) is 4.69. The van der Waals surface area contributed by atoms with E-state index >= 15 is 0 Å². The first-order valence-electron chi connectivity index (χ1n) is 6.31. The fourth-order valence-electron chi connectivity index (χ4n) is 2.16. The van der Waals surface area contributed by atoms with Gasteiger partial charge in [0.2, 0.25) is 0 Å². The van der Waals surface area contributed by atoms with Crippen LogP contribution in [0.15, 0.2) is 24.4 Å². The SMILES string of the molecule is CCn1ncc(Cl)c1C(N)c1cc(OC)ccc1OC. The molecule has 1 unspecified atom stereocenters. The van der Waals surface area contributed by atoms with E-state index in [9.17, 15) is 0 Å². The Morgan fingerprint density at radius 2 is 2.10 bits per heavy atom. The standard InChI is InChI=1S/C14H18ClN3O2/c1-4-18-14(11(15)8-17-18)13(16)10-7-9(19-2)5-6-12(10)20-3/h5-8,13H,4,16H2,1-3H3. The highest BCUT2D eigenvalue weighted by Gasteiger charge is 2.21. The Morgan fingerprint density at radius 1 is 1.35 bits per heavy atom. The highest BCUT2D eigenvalue weighted by atomic mass is 35.5. The molecule has 108 valence electrons. The van der Waals surface area contributed by atoms with Crippen LogP contribution in [0, 0.1) is 0 Å². The Hall–Kier alpha value is -1.72. The normalized spacial score (nSPS) is 12.2. The van der Waals surface area contributed by atoms with E-state index in [0.29, 0.717) is 17.3 Å². The zero-order chi connectivity index (χ0) is 14.7. The van der Waals surface area contributed by atoms with E-state index < -0.39 is 6.04 Å². The van der Waals surface area contributed by atoms with E-state index in [1.807, 2.05) is 25.1 Å². The molecule has 2 aromatic rings. The molecule has 2 N–H and O–H groups in total. The van der Waals surface area contributed by atoms with E-state index in [1.54, 1.807) is 25.1 Å². The topological polar surface area (TPSA) is 62.3 Å². The summed E-state index contributed by atoms with van der Waals surface area (Å²) in [6, 6.07) is 5.07. The van der Waals surface area contributed by atoms with Gasteiger partial charge in [-0.25, -0.2) is 0 Å². The number of aryl methyl sites for hydroxylation is 1. The number of methoxy groups -OCH3 is 2. The van der Waals surface area contributed by atoms with Crippen LogP contribution in [0.1, 0.15) is 24.2 Å². The van der Waals surface area contributed by atoms with E-state index in [4.69, 9.17) is 26.8 Å². The first-order chi connectivity index (χ1) is 9.62. The molecule has 0 amide bonds. The van der Waals surface area contributed by atoms with Gasteiger partial charge in [-0.2, -0.15) is 5.10 Å². The number of halogens is 1. The number of hydrogen-bond acceptors (Lipinski definition) is 4. The van der Waals surface area contributed by atoms with Gasteiger partial charge in [-0.3, -0.25) is 4.68 Å². The van der Waals surface area contributed by atoms with E-state index in [1.165, 1.54) is 0 Å². The Bertz CT molecular complexity index is 598. The van der Waals surface area contributed by atoms with Gasteiger partial charge in [0.25, 0.3) is 0 Å². The first-order valence-corrected chi connectivity index (χ1v) is 6.68. The van der Waals surface area contributed by atoms with Crippen LogP contribution >= 0.6 is 11.6 Å². The molecule has 1 heterocycles. The van der Waals surface area contributed by atoms with Crippen LogP contribution in [0.3, 0.4) is 0 Å². The van der Waals surface area contributed by atoms with Gasteiger partial charge in [0, 0.05) is 12.1 Å². The second kappa shape index (κ2) is 6.15. The summed E-state index contributed by atoms with van der Waals surface area (Å²) in [5.74, 6) is 1.41. The van der Waals surface area contributed by atoms with Crippen molar-refractivity contribution < 1.29 is 9.47 Å². The molecule has 0 aliphatic rings. The quantitative estimate of drug-likeness (QED) is 0.921. The van der Waals surface area contributed by atoms with Crippen LogP contribution in [-0.2, 0) is 6.54 Å². The van der Waals surface area contributed by atoms with Crippen LogP contribution in [0.2, 0.25) is 5.02 Å². The lowest BCUT2D eigenvalue weighted by molar-refractivity contribution is 0.396. The highest BCUT2D eigenvalue weighted by molar-refractivity contribution is 6.31. The number of nitrogens with two attached hydrogens (primary N) is 1. The molecule has 0 aliphatic heterocycles. The maximum Gasteiger partial charge on any atom is 0.124 e. The lowest BCUT2D eigenvalue weighted by Crippen LogP contribution is -2.18. The summed E-state index contributed by atoms with van der Waals surface area (Å²) in [4.78, 5) is 0. The highest BCUT2D eigenvalue weighted by Crippen LogP contribution is 2.34. The van der Waals surface area contributed by atoms with Crippen molar-refractivity contribution in [3.8, 4) is 11.5 Å². The van der Waals surface area contributed by atoms with Crippen LogP contribution < -0.4 is 15.2 Å². The molecular weight excluding hydrogens is 278 g/mol. The average molecular weight is 296 g/mol. The molecule has 1 aromatic carbocycles. The Morgan fingerprint density at radius 3 is 2.70 bits per heavy atom. The Labute approximate surface area is 123 Å². The van der Waals surface area contributed by atoms with Gasteiger partial charge >= 0.3 is 0 Å². The smallest absolute Gasteiger partial charge is 0.124 e. The van der Waals surface area contributed by atoms with Gasteiger partial charge in [0.1, 0.15) is 11.5 Å². The predicted octanol–water partition coefficient (Wildman–Crippen LogP) is 2.62. The third-order valence-electron chi connectivity index (χ3n) is 3.20. The third kappa shape index (κ3) is 2.59. The lowest BCUT2D eigenvalue weighted by atomic mass is 10.0. The van der Waals surface area contributed by atoms with Crippen molar-refractivity contribution >= 4 is 11.6 Å². The molecule has 6 heteroatoms. The third-order valence-corrected chi connectivity index (χ3v) is 3.49. The molecule has 1 aromatic heterocycles. The van der Waals surface area contributed by atoms with E-state index in [2.05, 4.69) is 5.10 Å². The number of rotatable bonds is 5. The molecule has 0 bridgehead atoms. The van der Waals surface area contributed by atoms with Crippen molar-refractivity contribution in [1.82, 2.24) is 9.78 Å². The van der Waals surface area contributed by atoms with Crippen LogP contribution in [0.4, 0.5) is 0 Å². The lowest BCUT2D eigenvalue weighted by Gasteiger charge is -2.18. The summed E-state index contributed by atoms with van der Waals surface area (Å²) >= 11 is 6.20. The maximum atomic E-state index is 6.36. The van der Waals surface area contributed by atoms with Crippen LogP contribution in [0.25, 0.3) is 0 Å². The number of hydrogen-bond donors (Lipinski definition) is 1. The zero-order valence-electron chi connectivity index (χ0n) is 11.8. The molecule has 0 aliphatic carbocycles. The van der Waals surface area contributed by atoms with E-state index in [0.717, 1.165) is 17.0 Å². The molecule has 0 spiro atoms. The number of aromatic nitrogens is 2. The Kier molecular flexibility index (Phi) is 4.52. The largest absolute Gasteiger partial charge is 0.497 e. The molecule has 2 rings (SSSR count). The molecule has 20 heavy (non-hydrogen) atoms. The molecule has 0 saturated heterocycles. The van der Waals surface area contributed by atoms with Crippen molar-refractivity contribution in [1.29, 1.82) is 0 Å². The molecule has 1 atom stereocenters. The Balaban J connectivity index is 2.51. The van der Waals surface area contributed by atoms with Gasteiger partial charge in [-0.05, 0) is 25.1 Å². The predicted molar refractivity (Wildman–Crippen MR) is 78.5 cm³/mol.